The fraction of sp³-hybridized carbons (Fsp3) is 0.571. The lowest BCUT2D eigenvalue weighted by Crippen LogP contribution is -2.43. The maximum Gasteiger partial charge on any atom is 0.0366 e. The second kappa shape index (κ2) is 5.35. The third-order valence-corrected chi connectivity index (χ3v) is 3.71. The molecule has 1 fully saturated rings. The van der Waals surface area contributed by atoms with E-state index in [0.29, 0.717) is 0 Å². The van der Waals surface area contributed by atoms with E-state index in [0.717, 1.165) is 12.6 Å². The van der Waals surface area contributed by atoms with E-state index in [1.54, 1.807) is 0 Å². The highest BCUT2D eigenvalue weighted by molar-refractivity contribution is 5.46. The first-order valence-corrected chi connectivity index (χ1v) is 6.31. The predicted octanol–water partition coefficient (Wildman–Crippen LogP) is 2.61. The highest BCUT2D eigenvalue weighted by Gasteiger charge is 2.21. The minimum Gasteiger partial charge on any atom is -0.371 e. The maximum absolute atomic E-state index is 2.50. The van der Waals surface area contributed by atoms with E-state index in [2.05, 4.69) is 54.1 Å². The van der Waals surface area contributed by atoms with Gasteiger partial charge in [0, 0.05) is 24.8 Å². The average Bonchev–Trinajstić information content (AvgIpc) is 2.39. The first-order chi connectivity index (χ1) is 7.81. The number of anilines is 1. The summed E-state index contributed by atoms with van der Waals surface area (Å²) in [4.78, 5) is 4.97. The Hall–Kier alpha value is -1.02. The standard InChI is InChI=1S/C14H22N2/c1-3-15(2)13-9-11-16(12-10-13)14-7-5-4-6-8-14/h4-8,13H,3,9-12H2,1-2H3. The summed E-state index contributed by atoms with van der Waals surface area (Å²) in [5.41, 5.74) is 1.38. The van der Waals surface area contributed by atoms with Crippen LogP contribution in [0.1, 0.15) is 19.8 Å². The molecule has 1 aliphatic heterocycles. The van der Waals surface area contributed by atoms with Gasteiger partial charge in [0.2, 0.25) is 0 Å². The molecule has 2 rings (SSSR count). The van der Waals surface area contributed by atoms with Crippen LogP contribution in [0, 0.1) is 0 Å². The van der Waals surface area contributed by atoms with Crippen molar-refractivity contribution in [2.75, 3.05) is 31.6 Å². The minimum atomic E-state index is 0.782. The van der Waals surface area contributed by atoms with Gasteiger partial charge in [0.1, 0.15) is 0 Å². The quantitative estimate of drug-likeness (QED) is 0.769. The molecule has 1 aromatic rings. The predicted molar refractivity (Wildman–Crippen MR) is 70.0 cm³/mol. The van der Waals surface area contributed by atoms with Crippen molar-refractivity contribution in [2.24, 2.45) is 0 Å². The molecule has 2 heteroatoms. The Morgan fingerprint density at radius 3 is 2.38 bits per heavy atom. The van der Waals surface area contributed by atoms with Gasteiger partial charge >= 0.3 is 0 Å². The van der Waals surface area contributed by atoms with E-state index in [-0.39, 0.29) is 0 Å². The van der Waals surface area contributed by atoms with Gasteiger partial charge < -0.3 is 9.80 Å². The summed E-state index contributed by atoms with van der Waals surface area (Å²) < 4.78 is 0. The molecule has 0 bridgehead atoms. The first kappa shape index (κ1) is 11.5. The van der Waals surface area contributed by atoms with Gasteiger partial charge in [-0.1, -0.05) is 25.1 Å². The molecule has 1 heterocycles. The molecule has 1 aliphatic rings. The van der Waals surface area contributed by atoms with Crippen molar-refractivity contribution in [3.63, 3.8) is 0 Å². The van der Waals surface area contributed by atoms with Crippen molar-refractivity contribution in [3.05, 3.63) is 30.3 Å². The van der Waals surface area contributed by atoms with Gasteiger partial charge in [-0.25, -0.2) is 0 Å². The van der Waals surface area contributed by atoms with Gasteiger partial charge in [-0.3, -0.25) is 0 Å². The van der Waals surface area contributed by atoms with E-state index >= 15 is 0 Å². The average molecular weight is 218 g/mol. The summed E-state index contributed by atoms with van der Waals surface area (Å²) in [6, 6.07) is 11.5. The Kier molecular flexibility index (Phi) is 3.83. The Bertz CT molecular complexity index is 302. The number of benzene rings is 1. The van der Waals surface area contributed by atoms with Crippen LogP contribution in [0.4, 0.5) is 5.69 Å². The van der Waals surface area contributed by atoms with Crippen molar-refractivity contribution < 1.29 is 0 Å². The molecule has 0 saturated carbocycles. The lowest BCUT2D eigenvalue weighted by Gasteiger charge is -2.37. The summed E-state index contributed by atoms with van der Waals surface area (Å²) in [6.07, 6.45) is 2.58. The number of rotatable bonds is 3. The zero-order chi connectivity index (χ0) is 11.4. The van der Waals surface area contributed by atoms with Crippen LogP contribution in [0.3, 0.4) is 0 Å². The smallest absolute Gasteiger partial charge is 0.0366 e. The lowest BCUT2D eigenvalue weighted by molar-refractivity contribution is 0.218. The summed E-state index contributed by atoms with van der Waals surface area (Å²) >= 11 is 0. The minimum absolute atomic E-state index is 0.782. The maximum atomic E-state index is 2.50. The topological polar surface area (TPSA) is 6.48 Å². The molecular formula is C14H22N2. The Morgan fingerprint density at radius 2 is 1.81 bits per heavy atom. The van der Waals surface area contributed by atoms with Crippen molar-refractivity contribution >= 4 is 5.69 Å². The molecule has 2 nitrogen and oxygen atoms in total. The number of hydrogen-bond donors (Lipinski definition) is 0. The van der Waals surface area contributed by atoms with E-state index in [1.807, 2.05) is 0 Å². The van der Waals surface area contributed by atoms with Crippen LogP contribution in [-0.4, -0.2) is 37.6 Å². The molecule has 1 saturated heterocycles. The summed E-state index contributed by atoms with van der Waals surface area (Å²) in [5.74, 6) is 0. The largest absolute Gasteiger partial charge is 0.371 e. The summed E-state index contributed by atoms with van der Waals surface area (Å²) in [6.45, 7) is 5.79. The van der Waals surface area contributed by atoms with E-state index in [1.165, 1.54) is 31.6 Å². The molecule has 0 radical (unpaired) electrons. The van der Waals surface area contributed by atoms with Crippen LogP contribution in [0.2, 0.25) is 0 Å². The molecule has 0 atom stereocenters. The number of para-hydroxylation sites is 1. The van der Waals surface area contributed by atoms with Crippen LogP contribution >= 0.6 is 0 Å². The third kappa shape index (κ3) is 2.56. The van der Waals surface area contributed by atoms with Gasteiger partial charge in [-0.05, 0) is 38.6 Å². The van der Waals surface area contributed by atoms with Crippen LogP contribution in [0.25, 0.3) is 0 Å². The summed E-state index contributed by atoms with van der Waals surface area (Å²) in [7, 11) is 2.24. The SMILES string of the molecule is CCN(C)C1CCN(c2ccccc2)CC1. The van der Waals surface area contributed by atoms with E-state index in [4.69, 9.17) is 0 Å². The molecule has 0 spiro atoms. The molecule has 0 aromatic heterocycles. The van der Waals surface area contributed by atoms with Crippen molar-refractivity contribution in [3.8, 4) is 0 Å². The van der Waals surface area contributed by atoms with E-state index < -0.39 is 0 Å². The van der Waals surface area contributed by atoms with Crippen LogP contribution in [0.15, 0.2) is 30.3 Å². The molecule has 0 unspecified atom stereocenters. The monoisotopic (exact) mass is 218 g/mol. The molecule has 0 N–H and O–H groups in total. The van der Waals surface area contributed by atoms with Gasteiger partial charge in [0.15, 0.2) is 0 Å². The first-order valence-electron chi connectivity index (χ1n) is 6.31. The molecule has 0 amide bonds. The van der Waals surface area contributed by atoms with Crippen LogP contribution in [-0.2, 0) is 0 Å². The molecule has 88 valence electrons. The zero-order valence-corrected chi connectivity index (χ0v) is 10.4. The van der Waals surface area contributed by atoms with Gasteiger partial charge in [0.05, 0.1) is 0 Å². The Labute approximate surface area is 98.9 Å². The molecule has 1 aromatic carbocycles. The van der Waals surface area contributed by atoms with Crippen molar-refractivity contribution in [2.45, 2.75) is 25.8 Å². The highest BCUT2D eigenvalue weighted by atomic mass is 15.2. The third-order valence-electron chi connectivity index (χ3n) is 3.71. The van der Waals surface area contributed by atoms with Crippen molar-refractivity contribution in [1.82, 2.24) is 4.90 Å². The second-order valence-corrected chi connectivity index (χ2v) is 4.63. The summed E-state index contributed by atoms with van der Waals surface area (Å²) in [5, 5.41) is 0. The van der Waals surface area contributed by atoms with Gasteiger partial charge in [0.25, 0.3) is 0 Å². The fourth-order valence-electron chi connectivity index (χ4n) is 2.46. The van der Waals surface area contributed by atoms with Crippen molar-refractivity contribution in [1.29, 1.82) is 0 Å². The zero-order valence-electron chi connectivity index (χ0n) is 10.4. The molecule has 16 heavy (non-hydrogen) atoms. The van der Waals surface area contributed by atoms with Gasteiger partial charge in [-0.15, -0.1) is 0 Å². The number of hydrogen-bond acceptors (Lipinski definition) is 2. The van der Waals surface area contributed by atoms with Gasteiger partial charge in [-0.2, -0.15) is 0 Å². The number of nitrogens with zero attached hydrogens (tertiary/aromatic N) is 2. The molecular weight excluding hydrogens is 196 g/mol. The highest BCUT2D eigenvalue weighted by Crippen LogP contribution is 2.21. The second-order valence-electron chi connectivity index (χ2n) is 4.63. The lowest BCUT2D eigenvalue weighted by atomic mass is 10.0. The van der Waals surface area contributed by atoms with E-state index in [9.17, 15) is 0 Å². The normalized spacial score (nSPS) is 18.1. The van der Waals surface area contributed by atoms with Crippen LogP contribution in [0.5, 0.6) is 0 Å². The van der Waals surface area contributed by atoms with Crippen LogP contribution < -0.4 is 4.90 Å². The molecule has 0 aliphatic carbocycles. The fourth-order valence-corrected chi connectivity index (χ4v) is 2.46. The Balaban J connectivity index is 1.91. The number of piperidine rings is 1. The Morgan fingerprint density at radius 1 is 1.19 bits per heavy atom.